The standard InChI is InChI=1S/C34H50O5/c1-10-38-28(37)31(6)16-15-30(5)17-18-33(8)22(23(30)20-31)19-24(36)27-32(7)13-12-26(39-21(2)35)29(3,4)25(32)11-14-34(27,33)9/h12,19,23,25,27H,10-11,13-18,20H2,1-9H3/t23-,25-,27+,30+,31-,32-,33+,34+/m0/s1. The van der Waals surface area contributed by atoms with E-state index in [9.17, 15) is 14.4 Å². The number of ether oxygens (including phenoxy) is 2. The first-order valence-electron chi connectivity index (χ1n) is 15.3. The number of hydrogen-bond donors (Lipinski definition) is 0. The molecule has 3 fully saturated rings. The Labute approximate surface area is 235 Å². The molecule has 0 spiro atoms. The van der Waals surface area contributed by atoms with Crippen molar-refractivity contribution in [3.05, 3.63) is 23.5 Å². The SMILES string of the molecule is CCOC(=O)[C@@]1(C)CC[C@]2(C)CC[C@]3(C)C(=CC(=O)[C@@H]4[C@@]5(C)CC=C(OC(C)=O)C(C)(C)[C@@H]5CC[C@]43C)[C@@H]2C1. The van der Waals surface area contributed by atoms with Gasteiger partial charge in [0.1, 0.15) is 5.76 Å². The van der Waals surface area contributed by atoms with Crippen LogP contribution in [0.2, 0.25) is 0 Å². The van der Waals surface area contributed by atoms with E-state index in [2.05, 4.69) is 60.6 Å². The molecule has 0 aliphatic heterocycles. The predicted molar refractivity (Wildman–Crippen MR) is 151 cm³/mol. The van der Waals surface area contributed by atoms with E-state index in [1.807, 2.05) is 6.92 Å². The van der Waals surface area contributed by atoms with E-state index in [1.54, 1.807) is 0 Å². The molecule has 0 heterocycles. The monoisotopic (exact) mass is 538 g/mol. The lowest BCUT2D eigenvalue weighted by Crippen LogP contribution is -2.65. The fourth-order valence-corrected chi connectivity index (χ4v) is 10.6. The number of fused-ring (bicyclic) bond motifs is 7. The van der Waals surface area contributed by atoms with Crippen LogP contribution >= 0.6 is 0 Å². The van der Waals surface area contributed by atoms with Crippen LogP contribution < -0.4 is 0 Å². The molecule has 0 radical (unpaired) electrons. The molecule has 0 aromatic rings. The number of rotatable bonds is 3. The van der Waals surface area contributed by atoms with Gasteiger partial charge in [0, 0.05) is 18.3 Å². The first kappa shape index (κ1) is 28.6. The zero-order chi connectivity index (χ0) is 28.8. The average molecular weight is 539 g/mol. The first-order valence-corrected chi connectivity index (χ1v) is 15.3. The molecule has 216 valence electrons. The highest BCUT2D eigenvalue weighted by atomic mass is 16.5. The Morgan fingerprint density at radius 2 is 1.64 bits per heavy atom. The maximum absolute atomic E-state index is 14.5. The van der Waals surface area contributed by atoms with Crippen LogP contribution in [-0.2, 0) is 23.9 Å². The van der Waals surface area contributed by atoms with Crippen molar-refractivity contribution in [1.82, 2.24) is 0 Å². The Hall–Kier alpha value is -1.91. The van der Waals surface area contributed by atoms with E-state index in [-0.39, 0.29) is 62.6 Å². The number of hydrogen-bond acceptors (Lipinski definition) is 5. The summed E-state index contributed by atoms with van der Waals surface area (Å²) in [6, 6.07) is 0. The van der Waals surface area contributed by atoms with E-state index in [0.717, 1.165) is 57.1 Å². The van der Waals surface area contributed by atoms with Gasteiger partial charge in [-0.3, -0.25) is 14.4 Å². The largest absolute Gasteiger partial charge is 0.466 e. The second-order valence-corrected chi connectivity index (χ2v) is 15.6. The normalized spacial score (nSPS) is 46.4. The van der Waals surface area contributed by atoms with Gasteiger partial charge in [-0.15, -0.1) is 0 Å². The van der Waals surface area contributed by atoms with Crippen molar-refractivity contribution in [3.8, 4) is 0 Å². The number of esters is 2. The molecule has 0 N–H and O–H groups in total. The van der Waals surface area contributed by atoms with Crippen LogP contribution in [0.3, 0.4) is 0 Å². The van der Waals surface area contributed by atoms with Crippen molar-refractivity contribution in [2.24, 2.45) is 50.2 Å². The minimum Gasteiger partial charge on any atom is -0.466 e. The highest BCUT2D eigenvalue weighted by molar-refractivity contribution is 5.95. The van der Waals surface area contributed by atoms with Crippen molar-refractivity contribution in [2.45, 2.75) is 114 Å². The summed E-state index contributed by atoms with van der Waals surface area (Å²) < 4.78 is 11.3. The number of allylic oxidation sites excluding steroid dienone is 4. The van der Waals surface area contributed by atoms with Crippen LogP contribution in [0.1, 0.15) is 114 Å². The molecular formula is C34H50O5. The average Bonchev–Trinajstić information content (AvgIpc) is 2.83. The van der Waals surface area contributed by atoms with E-state index in [1.165, 1.54) is 12.5 Å². The summed E-state index contributed by atoms with van der Waals surface area (Å²) in [7, 11) is 0. The van der Waals surface area contributed by atoms with Gasteiger partial charge >= 0.3 is 11.9 Å². The molecule has 0 aromatic carbocycles. The summed E-state index contributed by atoms with van der Waals surface area (Å²) in [5.74, 6) is 1.05. The Morgan fingerprint density at radius 3 is 2.28 bits per heavy atom. The van der Waals surface area contributed by atoms with Crippen LogP contribution in [0.15, 0.2) is 23.5 Å². The van der Waals surface area contributed by atoms with E-state index >= 15 is 0 Å². The molecule has 5 aliphatic rings. The molecule has 5 nitrogen and oxygen atoms in total. The summed E-state index contributed by atoms with van der Waals surface area (Å²) in [6.45, 7) is 19.8. The summed E-state index contributed by atoms with van der Waals surface area (Å²) in [5.41, 5.74) is 0.118. The highest BCUT2D eigenvalue weighted by Crippen LogP contribution is 2.75. The molecule has 0 aromatic heterocycles. The quantitative estimate of drug-likeness (QED) is 0.346. The van der Waals surface area contributed by atoms with E-state index < -0.39 is 5.41 Å². The van der Waals surface area contributed by atoms with Gasteiger partial charge in [-0.2, -0.15) is 0 Å². The van der Waals surface area contributed by atoms with Crippen LogP contribution in [0.4, 0.5) is 0 Å². The fourth-order valence-electron chi connectivity index (χ4n) is 10.6. The topological polar surface area (TPSA) is 69.7 Å². The minimum atomic E-state index is -0.505. The molecule has 8 atom stereocenters. The molecule has 5 aliphatic carbocycles. The van der Waals surface area contributed by atoms with Crippen LogP contribution in [0.25, 0.3) is 0 Å². The fraction of sp³-hybridized carbons (Fsp3) is 0.794. The molecule has 0 unspecified atom stereocenters. The van der Waals surface area contributed by atoms with Gasteiger partial charge in [0.15, 0.2) is 5.78 Å². The molecule has 0 bridgehead atoms. The number of carbonyl (C=O) groups is 3. The molecule has 0 saturated heterocycles. The van der Waals surface area contributed by atoms with Gasteiger partial charge in [-0.05, 0) is 111 Å². The predicted octanol–water partition coefficient (Wildman–Crippen LogP) is 7.59. The second kappa shape index (κ2) is 8.79. The molecule has 0 amide bonds. The lowest BCUT2D eigenvalue weighted by atomic mass is 9.34. The minimum absolute atomic E-state index is 0.0843. The third kappa shape index (κ3) is 3.80. The van der Waals surface area contributed by atoms with Crippen LogP contribution in [0.5, 0.6) is 0 Å². The summed E-state index contributed by atoms with van der Waals surface area (Å²) in [4.78, 5) is 39.4. The molecule has 5 rings (SSSR count). The Kier molecular flexibility index (Phi) is 6.45. The lowest BCUT2D eigenvalue weighted by Gasteiger charge is -2.69. The summed E-state index contributed by atoms with van der Waals surface area (Å²) in [5, 5.41) is 0. The number of ketones is 1. The summed E-state index contributed by atoms with van der Waals surface area (Å²) in [6.07, 6.45) is 11.7. The van der Waals surface area contributed by atoms with Crippen LogP contribution in [0, 0.1) is 50.2 Å². The van der Waals surface area contributed by atoms with Crippen molar-refractivity contribution >= 4 is 17.7 Å². The molecule has 5 heteroatoms. The van der Waals surface area contributed by atoms with Gasteiger partial charge in [-0.1, -0.05) is 47.1 Å². The maximum Gasteiger partial charge on any atom is 0.311 e. The Balaban J connectivity index is 1.58. The van der Waals surface area contributed by atoms with Crippen LogP contribution in [-0.4, -0.2) is 24.3 Å². The Bertz CT molecular complexity index is 1160. The zero-order valence-corrected chi connectivity index (χ0v) is 25.8. The van der Waals surface area contributed by atoms with Crippen molar-refractivity contribution in [2.75, 3.05) is 6.61 Å². The van der Waals surface area contributed by atoms with E-state index in [4.69, 9.17) is 9.47 Å². The maximum atomic E-state index is 14.5. The molecule has 39 heavy (non-hydrogen) atoms. The lowest BCUT2D eigenvalue weighted by molar-refractivity contribution is -0.180. The molecule has 3 saturated carbocycles. The van der Waals surface area contributed by atoms with Crippen molar-refractivity contribution < 1.29 is 23.9 Å². The third-order valence-electron chi connectivity index (χ3n) is 13.1. The molecular weight excluding hydrogens is 488 g/mol. The number of carbonyl (C=O) groups excluding carboxylic acids is 3. The Morgan fingerprint density at radius 1 is 0.974 bits per heavy atom. The van der Waals surface area contributed by atoms with Gasteiger partial charge in [0.05, 0.1) is 12.0 Å². The van der Waals surface area contributed by atoms with Gasteiger partial charge in [-0.25, -0.2) is 0 Å². The smallest absolute Gasteiger partial charge is 0.311 e. The highest BCUT2D eigenvalue weighted by Gasteiger charge is 2.70. The summed E-state index contributed by atoms with van der Waals surface area (Å²) >= 11 is 0. The van der Waals surface area contributed by atoms with Gasteiger partial charge in [0.2, 0.25) is 0 Å². The first-order chi connectivity index (χ1) is 18.0. The van der Waals surface area contributed by atoms with Crippen molar-refractivity contribution in [1.29, 1.82) is 0 Å². The zero-order valence-electron chi connectivity index (χ0n) is 25.8. The van der Waals surface area contributed by atoms with Crippen molar-refractivity contribution in [3.63, 3.8) is 0 Å². The van der Waals surface area contributed by atoms with Gasteiger partial charge in [0.25, 0.3) is 0 Å². The van der Waals surface area contributed by atoms with Gasteiger partial charge < -0.3 is 9.47 Å². The van der Waals surface area contributed by atoms with E-state index in [0.29, 0.717) is 6.61 Å². The second-order valence-electron chi connectivity index (χ2n) is 15.6. The third-order valence-corrected chi connectivity index (χ3v) is 13.1.